The largest absolute Gasteiger partial charge is 0.345 e. The van der Waals surface area contributed by atoms with Gasteiger partial charge in [0.1, 0.15) is 5.82 Å². The molecule has 0 fully saturated rings. The second kappa shape index (κ2) is 6.39. The minimum Gasteiger partial charge on any atom is -0.345 e. The molecular formula is C12H15F3N2O. The molecule has 6 heteroatoms. The third-order valence-electron chi connectivity index (χ3n) is 2.58. The van der Waals surface area contributed by atoms with Crippen molar-refractivity contribution in [1.82, 2.24) is 10.2 Å². The second-order valence-electron chi connectivity index (χ2n) is 3.87. The standard InChI is InChI=1S/C12H15F3N2O/c1-3-17(2)12(18)7-16-6-8-4-10(14)11(15)5-9(8)13/h4-5,16H,3,6-7H2,1-2H3. The quantitative estimate of drug-likeness (QED) is 0.817. The molecule has 0 heterocycles. The van der Waals surface area contributed by atoms with Crippen LogP contribution in [0.2, 0.25) is 0 Å². The minimum atomic E-state index is -1.22. The summed E-state index contributed by atoms with van der Waals surface area (Å²) < 4.78 is 38.8. The van der Waals surface area contributed by atoms with Gasteiger partial charge in [0, 0.05) is 31.8 Å². The molecule has 100 valence electrons. The Morgan fingerprint density at radius 1 is 1.22 bits per heavy atom. The molecule has 0 aliphatic carbocycles. The van der Waals surface area contributed by atoms with Gasteiger partial charge in [-0.3, -0.25) is 4.79 Å². The molecule has 1 N–H and O–H groups in total. The lowest BCUT2D eigenvalue weighted by molar-refractivity contribution is -0.128. The van der Waals surface area contributed by atoms with Gasteiger partial charge in [-0.15, -0.1) is 0 Å². The zero-order valence-electron chi connectivity index (χ0n) is 10.3. The Balaban J connectivity index is 2.54. The number of hydrogen-bond acceptors (Lipinski definition) is 2. The molecule has 0 saturated carbocycles. The second-order valence-corrected chi connectivity index (χ2v) is 3.87. The molecule has 18 heavy (non-hydrogen) atoms. The zero-order valence-corrected chi connectivity index (χ0v) is 10.3. The number of hydrogen-bond donors (Lipinski definition) is 1. The number of carbonyl (C=O) groups is 1. The van der Waals surface area contributed by atoms with E-state index in [1.807, 2.05) is 6.92 Å². The molecule has 0 bridgehead atoms. The molecule has 0 aliphatic heterocycles. The van der Waals surface area contributed by atoms with Gasteiger partial charge in [-0.25, -0.2) is 13.2 Å². The molecule has 0 saturated heterocycles. The van der Waals surface area contributed by atoms with Crippen LogP contribution in [0, 0.1) is 17.5 Å². The molecule has 1 aromatic carbocycles. The number of rotatable bonds is 5. The fourth-order valence-corrected chi connectivity index (χ4v) is 1.31. The SMILES string of the molecule is CCN(C)C(=O)CNCc1cc(F)c(F)cc1F. The number of likely N-dealkylation sites (N-methyl/N-ethyl adjacent to an activating group) is 1. The Labute approximate surface area is 104 Å². The summed E-state index contributed by atoms with van der Waals surface area (Å²) in [5.41, 5.74) is -0.0131. The van der Waals surface area contributed by atoms with Gasteiger partial charge in [0.2, 0.25) is 5.91 Å². The maximum Gasteiger partial charge on any atom is 0.236 e. The van der Waals surface area contributed by atoms with Gasteiger partial charge >= 0.3 is 0 Å². The van der Waals surface area contributed by atoms with Crippen molar-refractivity contribution in [3.05, 3.63) is 35.1 Å². The normalized spacial score (nSPS) is 10.5. The summed E-state index contributed by atoms with van der Waals surface area (Å²) in [7, 11) is 1.64. The van der Waals surface area contributed by atoms with Crippen LogP contribution >= 0.6 is 0 Å². The summed E-state index contributed by atoms with van der Waals surface area (Å²) in [5.74, 6) is -3.32. The summed E-state index contributed by atoms with van der Waals surface area (Å²) in [6.45, 7) is 2.38. The molecule has 3 nitrogen and oxygen atoms in total. The average molecular weight is 260 g/mol. The van der Waals surface area contributed by atoms with Crippen molar-refractivity contribution >= 4 is 5.91 Å². The van der Waals surface area contributed by atoms with Crippen LogP contribution in [-0.4, -0.2) is 30.9 Å². The summed E-state index contributed by atoms with van der Waals surface area (Å²) >= 11 is 0. The van der Waals surface area contributed by atoms with Crippen molar-refractivity contribution in [1.29, 1.82) is 0 Å². The number of nitrogens with zero attached hydrogens (tertiary/aromatic N) is 1. The third kappa shape index (κ3) is 3.73. The molecule has 1 rings (SSSR count). The highest BCUT2D eigenvalue weighted by atomic mass is 19.2. The zero-order chi connectivity index (χ0) is 13.7. The van der Waals surface area contributed by atoms with E-state index in [2.05, 4.69) is 5.32 Å². The Bertz CT molecular complexity index is 438. The highest BCUT2D eigenvalue weighted by Gasteiger charge is 2.10. The molecule has 0 spiro atoms. The van der Waals surface area contributed by atoms with Crippen LogP contribution in [-0.2, 0) is 11.3 Å². The molecule has 1 aromatic rings. The van der Waals surface area contributed by atoms with E-state index in [1.54, 1.807) is 7.05 Å². The lowest BCUT2D eigenvalue weighted by Gasteiger charge is -2.14. The number of amides is 1. The molecule has 0 unspecified atom stereocenters. The molecule has 0 aromatic heterocycles. The van der Waals surface area contributed by atoms with Gasteiger partial charge in [-0.1, -0.05) is 0 Å². The van der Waals surface area contributed by atoms with Gasteiger partial charge in [-0.05, 0) is 13.0 Å². The smallest absolute Gasteiger partial charge is 0.236 e. The molecule has 0 aliphatic rings. The lowest BCUT2D eigenvalue weighted by Crippen LogP contribution is -2.35. The van der Waals surface area contributed by atoms with Gasteiger partial charge in [0.05, 0.1) is 6.54 Å². The van der Waals surface area contributed by atoms with E-state index >= 15 is 0 Å². The summed E-state index contributed by atoms with van der Waals surface area (Å²) in [6, 6.07) is 1.28. The van der Waals surface area contributed by atoms with Crippen molar-refractivity contribution in [2.24, 2.45) is 0 Å². The first-order valence-electron chi connectivity index (χ1n) is 5.53. The molecule has 0 radical (unpaired) electrons. The molecular weight excluding hydrogens is 245 g/mol. The Morgan fingerprint density at radius 2 is 1.83 bits per heavy atom. The number of nitrogens with one attached hydrogen (secondary N) is 1. The predicted octanol–water partition coefficient (Wildman–Crippen LogP) is 1.67. The summed E-state index contributed by atoms with van der Waals surface area (Å²) in [4.78, 5) is 12.9. The number of halogens is 3. The van der Waals surface area contributed by atoms with Crippen LogP contribution in [0.5, 0.6) is 0 Å². The van der Waals surface area contributed by atoms with E-state index in [-0.39, 0.29) is 24.6 Å². The lowest BCUT2D eigenvalue weighted by atomic mass is 10.2. The van der Waals surface area contributed by atoms with E-state index in [0.29, 0.717) is 12.6 Å². The molecule has 0 atom stereocenters. The third-order valence-corrected chi connectivity index (χ3v) is 2.58. The van der Waals surface area contributed by atoms with Gasteiger partial charge < -0.3 is 10.2 Å². The first kappa shape index (κ1) is 14.5. The highest BCUT2D eigenvalue weighted by Crippen LogP contribution is 2.13. The van der Waals surface area contributed by atoms with Crippen molar-refractivity contribution in [3.63, 3.8) is 0 Å². The highest BCUT2D eigenvalue weighted by molar-refractivity contribution is 5.77. The Hall–Kier alpha value is -1.56. The van der Waals surface area contributed by atoms with Crippen molar-refractivity contribution in [3.8, 4) is 0 Å². The number of carbonyl (C=O) groups excluding carboxylic acids is 1. The van der Waals surface area contributed by atoms with Gasteiger partial charge in [-0.2, -0.15) is 0 Å². The minimum absolute atomic E-state index is 0.0131. The van der Waals surface area contributed by atoms with Crippen LogP contribution in [0.25, 0.3) is 0 Å². The predicted molar refractivity (Wildman–Crippen MR) is 61.3 cm³/mol. The summed E-state index contributed by atoms with van der Waals surface area (Å²) in [6.07, 6.45) is 0. The van der Waals surface area contributed by atoms with Crippen molar-refractivity contribution in [2.75, 3.05) is 20.1 Å². The van der Waals surface area contributed by atoms with E-state index in [4.69, 9.17) is 0 Å². The van der Waals surface area contributed by atoms with Crippen LogP contribution in [0.15, 0.2) is 12.1 Å². The van der Waals surface area contributed by atoms with Crippen molar-refractivity contribution < 1.29 is 18.0 Å². The topological polar surface area (TPSA) is 32.3 Å². The first-order valence-corrected chi connectivity index (χ1v) is 5.53. The van der Waals surface area contributed by atoms with E-state index in [1.165, 1.54) is 4.90 Å². The van der Waals surface area contributed by atoms with Gasteiger partial charge in [0.15, 0.2) is 11.6 Å². The Morgan fingerprint density at radius 3 is 2.44 bits per heavy atom. The van der Waals surface area contributed by atoms with E-state index in [9.17, 15) is 18.0 Å². The van der Waals surface area contributed by atoms with Crippen LogP contribution < -0.4 is 5.32 Å². The molecule has 1 amide bonds. The fourth-order valence-electron chi connectivity index (χ4n) is 1.31. The maximum atomic E-state index is 13.2. The first-order chi connectivity index (χ1) is 8.45. The maximum absolute atomic E-state index is 13.2. The van der Waals surface area contributed by atoms with E-state index in [0.717, 1.165) is 6.07 Å². The summed E-state index contributed by atoms with van der Waals surface area (Å²) in [5, 5.41) is 2.68. The van der Waals surface area contributed by atoms with Crippen LogP contribution in [0.1, 0.15) is 12.5 Å². The average Bonchev–Trinajstić information content (AvgIpc) is 2.34. The van der Waals surface area contributed by atoms with Crippen LogP contribution in [0.3, 0.4) is 0 Å². The number of benzene rings is 1. The monoisotopic (exact) mass is 260 g/mol. The fraction of sp³-hybridized carbons (Fsp3) is 0.417. The van der Waals surface area contributed by atoms with Crippen LogP contribution in [0.4, 0.5) is 13.2 Å². The van der Waals surface area contributed by atoms with Gasteiger partial charge in [0.25, 0.3) is 0 Å². The Kier molecular flexibility index (Phi) is 5.15. The van der Waals surface area contributed by atoms with E-state index < -0.39 is 17.5 Å². The van der Waals surface area contributed by atoms with Crippen molar-refractivity contribution in [2.45, 2.75) is 13.5 Å².